The number of aryl methyl sites for hydroxylation is 3. The van der Waals surface area contributed by atoms with E-state index in [1.165, 1.54) is 11.6 Å². The summed E-state index contributed by atoms with van der Waals surface area (Å²) in [5, 5.41) is 0. The lowest BCUT2D eigenvalue weighted by Gasteiger charge is -2.30. The summed E-state index contributed by atoms with van der Waals surface area (Å²) in [6.07, 6.45) is 0.771. The van der Waals surface area contributed by atoms with Crippen LogP contribution in [-0.4, -0.2) is 38.2 Å². The van der Waals surface area contributed by atoms with Gasteiger partial charge in [-0.2, -0.15) is 4.98 Å². The average Bonchev–Trinajstić information content (AvgIpc) is 3.09. The van der Waals surface area contributed by atoms with Crippen LogP contribution in [0.3, 0.4) is 0 Å². The van der Waals surface area contributed by atoms with Crippen molar-refractivity contribution < 1.29 is 9.53 Å². The van der Waals surface area contributed by atoms with Crippen LogP contribution in [0.1, 0.15) is 12.0 Å². The third-order valence-electron chi connectivity index (χ3n) is 5.16. The van der Waals surface area contributed by atoms with E-state index >= 15 is 0 Å². The Balaban J connectivity index is 2.00. The second-order valence-corrected chi connectivity index (χ2v) is 7.12. The summed E-state index contributed by atoms with van der Waals surface area (Å²) in [6, 6.07) is 5.85. The number of aromatic nitrogens is 4. The maximum Gasteiger partial charge on any atom is 0.332 e. The van der Waals surface area contributed by atoms with E-state index in [0.29, 0.717) is 24.8 Å². The number of nitrogens with zero attached hydrogens (tertiary/aromatic N) is 5. The van der Waals surface area contributed by atoms with E-state index in [9.17, 15) is 14.4 Å². The van der Waals surface area contributed by atoms with Gasteiger partial charge in [-0.15, -0.1) is 0 Å². The highest BCUT2D eigenvalue weighted by Crippen LogP contribution is 2.37. The number of rotatable bonds is 4. The highest BCUT2D eigenvalue weighted by atomic mass is 16.5. The lowest BCUT2D eigenvalue weighted by Crippen LogP contribution is -2.42. The Morgan fingerprint density at radius 2 is 2.03 bits per heavy atom. The van der Waals surface area contributed by atoms with Crippen LogP contribution in [0.2, 0.25) is 0 Å². The molecule has 0 aliphatic carbocycles. The first kappa shape index (κ1) is 18.8. The number of anilines is 2. The molecular weight excluding hydrogens is 376 g/mol. The number of primary amides is 1. The Kier molecular flexibility index (Phi) is 4.40. The summed E-state index contributed by atoms with van der Waals surface area (Å²) < 4.78 is 9.44. The van der Waals surface area contributed by atoms with Crippen molar-refractivity contribution in [1.29, 1.82) is 0 Å². The van der Waals surface area contributed by atoms with Crippen molar-refractivity contribution in [3.05, 3.63) is 44.6 Å². The van der Waals surface area contributed by atoms with Gasteiger partial charge in [0, 0.05) is 20.1 Å². The van der Waals surface area contributed by atoms with Gasteiger partial charge in [0.2, 0.25) is 11.9 Å². The molecule has 10 nitrogen and oxygen atoms in total. The van der Waals surface area contributed by atoms with E-state index in [1.807, 2.05) is 30.0 Å². The summed E-state index contributed by atoms with van der Waals surface area (Å²) in [7, 11) is 3.13. The first-order valence-electron chi connectivity index (χ1n) is 9.24. The van der Waals surface area contributed by atoms with Crippen molar-refractivity contribution >= 4 is 28.7 Å². The van der Waals surface area contributed by atoms with Gasteiger partial charge in [-0.1, -0.05) is 6.07 Å². The fourth-order valence-electron chi connectivity index (χ4n) is 3.80. The van der Waals surface area contributed by atoms with Gasteiger partial charge in [0.1, 0.15) is 12.3 Å². The molecular formula is C19H22N6O4. The molecule has 29 heavy (non-hydrogen) atoms. The van der Waals surface area contributed by atoms with Crippen LogP contribution in [-0.2, 0) is 24.9 Å². The van der Waals surface area contributed by atoms with E-state index in [1.54, 1.807) is 11.7 Å². The molecule has 0 saturated heterocycles. The topological polar surface area (TPSA) is 117 Å². The van der Waals surface area contributed by atoms with Gasteiger partial charge >= 0.3 is 5.69 Å². The predicted molar refractivity (Wildman–Crippen MR) is 108 cm³/mol. The maximum atomic E-state index is 13.0. The van der Waals surface area contributed by atoms with E-state index in [2.05, 4.69) is 4.98 Å². The summed E-state index contributed by atoms with van der Waals surface area (Å²) >= 11 is 0. The number of carbonyl (C=O) groups excluding carboxylic acids is 1. The number of hydrogen-bond donors (Lipinski definition) is 1. The third kappa shape index (κ3) is 2.87. The van der Waals surface area contributed by atoms with Crippen LogP contribution in [0.4, 0.5) is 11.6 Å². The van der Waals surface area contributed by atoms with Crippen LogP contribution in [0.15, 0.2) is 27.8 Å². The molecule has 3 heterocycles. The zero-order valence-corrected chi connectivity index (χ0v) is 16.5. The van der Waals surface area contributed by atoms with Gasteiger partial charge in [-0.3, -0.25) is 14.2 Å². The Morgan fingerprint density at radius 1 is 1.28 bits per heavy atom. The monoisotopic (exact) mass is 398 g/mol. The fourth-order valence-corrected chi connectivity index (χ4v) is 3.80. The molecule has 0 unspecified atom stereocenters. The van der Waals surface area contributed by atoms with E-state index in [4.69, 9.17) is 10.5 Å². The standard InChI is InChI=1S/C19H22N6O4/c1-11-5-6-13(29-3)12(9-11)23-7-4-8-24-15-16(21-18(23)24)22(2)19(28)25(17(15)27)10-14(20)26/h5-6,9H,4,7-8,10H2,1-3H3,(H2,20,26). The van der Waals surface area contributed by atoms with Gasteiger partial charge in [-0.05, 0) is 31.0 Å². The first-order valence-corrected chi connectivity index (χ1v) is 9.24. The first-order chi connectivity index (χ1) is 13.8. The van der Waals surface area contributed by atoms with Crippen molar-refractivity contribution in [2.24, 2.45) is 12.8 Å². The van der Waals surface area contributed by atoms with Crippen molar-refractivity contribution in [2.45, 2.75) is 26.4 Å². The summed E-state index contributed by atoms with van der Waals surface area (Å²) in [6.45, 7) is 2.77. The van der Waals surface area contributed by atoms with Crippen LogP contribution in [0, 0.1) is 6.92 Å². The molecule has 0 atom stereocenters. The second-order valence-electron chi connectivity index (χ2n) is 7.12. The molecule has 4 rings (SSSR count). The lowest BCUT2D eigenvalue weighted by molar-refractivity contribution is -0.118. The van der Waals surface area contributed by atoms with E-state index < -0.39 is 23.7 Å². The zero-order chi connectivity index (χ0) is 20.9. The number of ether oxygens (including phenoxy) is 1. The predicted octanol–water partition coefficient (Wildman–Crippen LogP) is 0.241. The highest BCUT2D eigenvalue weighted by molar-refractivity contribution is 5.79. The van der Waals surface area contributed by atoms with E-state index in [0.717, 1.165) is 22.2 Å². The molecule has 3 aromatic rings. The largest absolute Gasteiger partial charge is 0.495 e. The summed E-state index contributed by atoms with van der Waals surface area (Å²) in [5.41, 5.74) is 6.47. The molecule has 10 heteroatoms. The number of nitrogens with two attached hydrogens (primary N) is 1. The smallest absolute Gasteiger partial charge is 0.332 e. The van der Waals surface area contributed by atoms with Crippen molar-refractivity contribution in [2.75, 3.05) is 18.6 Å². The molecule has 0 saturated carbocycles. The van der Waals surface area contributed by atoms with Crippen molar-refractivity contribution in [1.82, 2.24) is 18.7 Å². The quantitative estimate of drug-likeness (QED) is 0.673. The molecule has 2 aromatic heterocycles. The Bertz CT molecular complexity index is 1250. The number of imidazole rings is 1. The van der Waals surface area contributed by atoms with Crippen LogP contribution in [0.5, 0.6) is 5.75 Å². The molecule has 1 aliphatic heterocycles. The minimum Gasteiger partial charge on any atom is -0.495 e. The molecule has 0 fully saturated rings. The SMILES string of the molecule is COc1ccc(C)cc1N1CCCn2c1nc1c2c(=O)n(CC(N)=O)c(=O)n1C. The second kappa shape index (κ2) is 6.80. The highest BCUT2D eigenvalue weighted by Gasteiger charge is 2.28. The number of amides is 1. The molecule has 0 bridgehead atoms. The van der Waals surface area contributed by atoms with Crippen molar-refractivity contribution in [3.8, 4) is 5.75 Å². The fraction of sp³-hybridized carbons (Fsp3) is 0.368. The number of carbonyl (C=O) groups is 1. The van der Waals surface area contributed by atoms with Crippen LogP contribution in [0.25, 0.3) is 11.2 Å². The maximum absolute atomic E-state index is 13.0. The average molecular weight is 398 g/mol. The minimum atomic E-state index is -0.756. The lowest BCUT2D eigenvalue weighted by atomic mass is 10.1. The third-order valence-corrected chi connectivity index (χ3v) is 5.16. The van der Waals surface area contributed by atoms with Gasteiger partial charge in [-0.25, -0.2) is 9.36 Å². The molecule has 1 aromatic carbocycles. The van der Waals surface area contributed by atoms with Crippen molar-refractivity contribution in [3.63, 3.8) is 0 Å². The zero-order valence-electron chi connectivity index (χ0n) is 16.5. The minimum absolute atomic E-state index is 0.272. The van der Waals surface area contributed by atoms with Gasteiger partial charge in [0.05, 0.1) is 12.8 Å². The molecule has 1 amide bonds. The Hall–Kier alpha value is -3.56. The number of benzene rings is 1. The molecule has 0 radical (unpaired) electrons. The molecule has 0 spiro atoms. The number of methoxy groups -OCH3 is 1. The molecule has 152 valence electrons. The van der Waals surface area contributed by atoms with Gasteiger partial charge in [0.15, 0.2) is 11.2 Å². The normalized spacial score (nSPS) is 13.6. The van der Waals surface area contributed by atoms with E-state index in [-0.39, 0.29) is 11.2 Å². The van der Waals surface area contributed by atoms with Crippen LogP contribution < -0.4 is 26.6 Å². The number of hydrogen-bond acceptors (Lipinski definition) is 6. The van der Waals surface area contributed by atoms with Gasteiger partial charge in [0.25, 0.3) is 5.56 Å². The summed E-state index contributed by atoms with van der Waals surface area (Å²) in [4.78, 5) is 43.6. The molecule has 1 aliphatic rings. The summed E-state index contributed by atoms with van der Waals surface area (Å²) in [5.74, 6) is 0.489. The molecule has 2 N–H and O–H groups in total. The number of fused-ring (bicyclic) bond motifs is 3. The van der Waals surface area contributed by atoms with Gasteiger partial charge < -0.3 is 19.9 Å². The Labute approximate surface area is 165 Å². The Morgan fingerprint density at radius 3 is 2.72 bits per heavy atom. The van der Waals surface area contributed by atoms with Crippen LogP contribution >= 0.6 is 0 Å².